The van der Waals surface area contributed by atoms with Crippen LogP contribution in [0, 0.1) is 6.92 Å². The summed E-state index contributed by atoms with van der Waals surface area (Å²) in [6.45, 7) is 8.81. The highest BCUT2D eigenvalue weighted by Crippen LogP contribution is 2.31. The second-order valence-corrected chi connectivity index (χ2v) is 5.71. The highest BCUT2D eigenvalue weighted by Gasteiger charge is 2.19. The van der Waals surface area contributed by atoms with Gasteiger partial charge in [-0.3, -0.25) is 4.68 Å². The molecule has 1 aromatic heterocycles. The number of allylic oxidation sites excluding steroid dienone is 1. The number of fused-ring (bicyclic) bond motifs is 1. The van der Waals surface area contributed by atoms with Crippen LogP contribution in [0.3, 0.4) is 0 Å². The Morgan fingerprint density at radius 1 is 1.39 bits per heavy atom. The van der Waals surface area contributed by atoms with Crippen LogP contribution in [0.2, 0.25) is 0 Å². The van der Waals surface area contributed by atoms with Crippen molar-refractivity contribution < 1.29 is 9.47 Å². The normalized spacial score (nSPS) is 16.3. The lowest BCUT2D eigenvalue weighted by Crippen LogP contribution is -2.32. The van der Waals surface area contributed by atoms with Gasteiger partial charge in [0, 0.05) is 24.7 Å². The summed E-state index contributed by atoms with van der Waals surface area (Å²) >= 11 is 0. The molecular weight excluding hydrogens is 290 g/mol. The van der Waals surface area contributed by atoms with E-state index >= 15 is 0 Å². The average molecular weight is 313 g/mol. The first-order valence-electron chi connectivity index (χ1n) is 7.99. The molecule has 3 rings (SSSR count). The van der Waals surface area contributed by atoms with Gasteiger partial charge < -0.3 is 14.8 Å². The van der Waals surface area contributed by atoms with Crippen molar-refractivity contribution in [1.29, 1.82) is 0 Å². The molecule has 1 aliphatic rings. The molecule has 0 radical (unpaired) electrons. The number of para-hydroxylation sites is 2. The lowest BCUT2D eigenvalue weighted by atomic mass is 10.2. The molecular formula is C18H23N3O2. The fraction of sp³-hybridized carbons (Fsp3) is 0.389. The van der Waals surface area contributed by atoms with E-state index < -0.39 is 0 Å². The quantitative estimate of drug-likeness (QED) is 0.631. The van der Waals surface area contributed by atoms with Crippen LogP contribution < -0.4 is 14.8 Å². The molecule has 0 saturated carbocycles. The van der Waals surface area contributed by atoms with Crippen molar-refractivity contribution in [2.24, 2.45) is 0 Å². The van der Waals surface area contributed by atoms with Crippen molar-refractivity contribution in [2.75, 3.05) is 13.2 Å². The minimum absolute atomic E-state index is 0.0991. The Morgan fingerprint density at radius 3 is 3.04 bits per heavy atom. The van der Waals surface area contributed by atoms with E-state index in [0.29, 0.717) is 6.61 Å². The first-order chi connectivity index (χ1) is 11.3. The molecule has 1 aromatic carbocycles. The van der Waals surface area contributed by atoms with Gasteiger partial charge in [-0.2, -0.15) is 5.10 Å². The fourth-order valence-electron chi connectivity index (χ4n) is 2.65. The average Bonchev–Trinajstić information content (AvgIpc) is 2.91. The van der Waals surface area contributed by atoms with Crippen molar-refractivity contribution in [2.45, 2.75) is 32.5 Å². The molecule has 23 heavy (non-hydrogen) atoms. The van der Waals surface area contributed by atoms with E-state index in [4.69, 9.17) is 9.47 Å². The molecule has 0 fully saturated rings. The number of nitrogens with zero attached hydrogens (tertiary/aromatic N) is 2. The maximum Gasteiger partial charge on any atom is 0.161 e. The van der Waals surface area contributed by atoms with Crippen molar-refractivity contribution in [3.63, 3.8) is 0 Å². The van der Waals surface area contributed by atoms with E-state index in [0.717, 1.165) is 43.2 Å². The maximum atomic E-state index is 5.95. The Kier molecular flexibility index (Phi) is 4.98. The predicted octanol–water partition coefficient (Wildman–Crippen LogP) is 2.70. The molecule has 0 bridgehead atoms. The highest BCUT2D eigenvalue weighted by atomic mass is 16.6. The number of benzene rings is 1. The first kappa shape index (κ1) is 15.6. The second kappa shape index (κ2) is 7.33. The number of aryl methyl sites for hydroxylation is 1. The lowest BCUT2D eigenvalue weighted by molar-refractivity contribution is 0.0849. The first-order valence-corrected chi connectivity index (χ1v) is 7.99. The summed E-state index contributed by atoms with van der Waals surface area (Å²) in [6.07, 6.45) is 4.93. The van der Waals surface area contributed by atoms with Gasteiger partial charge in [0.1, 0.15) is 12.7 Å². The third-order valence-electron chi connectivity index (χ3n) is 3.89. The van der Waals surface area contributed by atoms with Crippen LogP contribution in [-0.2, 0) is 13.1 Å². The molecule has 2 heterocycles. The smallest absolute Gasteiger partial charge is 0.161 e. The van der Waals surface area contributed by atoms with Crippen molar-refractivity contribution >= 4 is 0 Å². The summed E-state index contributed by atoms with van der Waals surface area (Å²) < 4.78 is 13.6. The van der Waals surface area contributed by atoms with Crippen molar-refractivity contribution in [1.82, 2.24) is 15.1 Å². The molecule has 0 amide bonds. The van der Waals surface area contributed by atoms with Gasteiger partial charge in [0.15, 0.2) is 11.5 Å². The molecule has 1 N–H and O–H groups in total. The van der Waals surface area contributed by atoms with Crippen LogP contribution >= 0.6 is 0 Å². The second-order valence-electron chi connectivity index (χ2n) is 5.71. The Balaban J connectivity index is 1.43. The largest absolute Gasteiger partial charge is 0.486 e. The standard InChI is InChI=1S/C18H23N3O2/c1-3-10-21-12-15(14(2)20-21)11-19-9-8-16-13-22-17-6-4-5-7-18(17)23-16/h3-7,12,16,19H,1,8-11,13H2,2H3/t16-/m0/s1. The third kappa shape index (κ3) is 3.93. The van der Waals surface area contributed by atoms with E-state index in [1.165, 1.54) is 5.56 Å². The van der Waals surface area contributed by atoms with Gasteiger partial charge in [0.25, 0.3) is 0 Å². The summed E-state index contributed by atoms with van der Waals surface area (Å²) in [5.41, 5.74) is 2.28. The van der Waals surface area contributed by atoms with Gasteiger partial charge >= 0.3 is 0 Å². The SMILES string of the molecule is C=CCn1cc(CNCC[C@H]2COc3ccccc3O2)c(C)n1. The van der Waals surface area contributed by atoms with Crippen LogP contribution in [0.15, 0.2) is 43.1 Å². The lowest BCUT2D eigenvalue weighted by Gasteiger charge is -2.26. The summed E-state index contributed by atoms with van der Waals surface area (Å²) in [7, 11) is 0. The van der Waals surface area contributed by atoms with E-state index in [1.54, 1.807) is 0 Å². The predicted molar refractivity (Wildman–Crippen MR) is 89.8 cm³/mol. The van der Waals surface area contributed by atoms with Crippen LogP contribution in [-0.4, -0.2) is 29.0 Å². The number of aromatic nitrogens is 2. The molecule has 2 aromatic rings. The Hall–Kier alpha value is -2.27. The van der Waals surface area contributed by atoms with Gasteiger partial charge in [-0.15, -0.1) is 6.58 Å². The van der Waals surface area contributed by atoms with Gasteiger partial charge in [-0.1, -0.05) is 18.2 Å². The molecule has 0 unspecified atom stereocenters. The number of rotatable bonds is 7. The number of nitrogens with one attached hydrogen (secondary N) is 1. The van der Waals surface area contributed by atoms with E-state index in [2.05, 4.69) is 23.2 Å². The third-order valence-corrected chi connectivity index (χ3v) is 3.89. The summed E-state index contributed by atoms with van der Waals surface area (Å²) in [5, 5.41) is 7.91. The molecule has 0 saturated heterocycles. The van der Waals surface area contributed by atoms with Crippen molar-refractivity contribution in [3.8, 4) is 11.5 Å². The van der Waals surface area contributed by atoms with E-state index in [9.17, 15) is 0 Å². The van der Waals surface area contributed by atoms with Gasteiger partial charge in [-0.05, 0) is 25.6 Å². The van der Waals surface area contributed by atoms with Gasteiger partial charge in [0.2, 0.25) is 0 Å². The number of ether oxygens (including phenoxy) is 2. The summed E-state index contributed by atoms with van der Waals surface area (Å²) in [4.78, 5) is 0. The molecule has 122 valence electrons. The maximum absolute atomic E-state index is 5.95. The zero-order valence-electron chi connectivity index (χ0n) is 13.5. The summed E-state index contributed by atoms with van der Waals surface area (Å²) in [5.74, 6) is 1.67. The van der Waals surface area contributed by atoms with Crippen LogP contribution in [0.25, 0.3) is 0 Å². The van der Waals surface area contributed by atoms with Gasteiger partial charge in [-0.25, -0.2) is 0 Å². The molecule has 0 spiro atoms. The molecule has 5 nitrogen and oxygen atoms in total. The van der Waals surface area contributed by atoms with Crippen LogP contribution in [0.1, 0.15) is 17.7 Å². The Morgan fingerprint density at radius 2 is 2.22 bits per heavy atom. The molecule has 5 heteroatoms. The topological polar surface area (TPSA) is 48.3 Å². The summed E-state index contributed by atoms with van der Waals surface area (Å²) in [6, 6.07) is 7.81. The minimum Gasteiger partial charge on any atom is -0.486 e. The Labute approximate surface area is 136 Å². The van der Waals surface area contributed by atoms with Crippen LogP contribution in [0.4, 0.5) is 0 Å². The highest BCUT2D eigenvalue weighted by molar-refractivity contribution is 5.40. The molecule has 1 aliphatic heterocycles. The molecule has 0 aliphatic carbocycles. The zero-order chi connectivity index (χ0) is 16.1. The van der Waals surface area contributed by atoms with E-state index in [-0.39, 0.29) is 6.10 Å². The monoisotopic (exact) mass is 313 g/mol. The van der Waals surface area contributed by atoms with Crippen molar-refractivity contribution in [3.05, 3.63) is 54.4 Å². The molecule has 1 atom stereocenters. The Bertz CT molecular complexity index is 666. The fourth-order valence-corrected chi connectivity index (χ4v) is 2.65. The zero-order valence-corrected chi connectivity index (χ0v) is 13.5. The number of hydrogen-bond acceptors (Lipinski definition) is 4. The van der Waals surface area contributed by atoms with Gasteiger partial charge in [0.05, 0.1) is 12.2 Å². The minimum atomic E-state index is 0.0991. The van der Waals surface area contributed by atoms with Crippen LogP contribution in [0.5, 0.6) is 11.5 Å². The number of hydrogen-bond donors (Lipinski definition) is 1. The van der Waals surface area contributed by atoms with E-state index in [1.807, 2.05) is 41.9 Å².